The largest absolute Gasteiger partial charge is 0.464 e. The number of carbonyl (C=O) groups is 2. The van der Waals surface area contributed by atoms with Gasteiger partial charge in [-0.3, -0.25) is 4.79 Å². The zero-order valence-corrected chi connectivity index (χ0v) is 30.0. The van der Waals surface area contributed by atoms with Gasteiger partial charge in [-0.2, -0.15) is 0 Å². The number of carbonyl (C=O) groups excluding carboxylic acids is 2. The molecule has 1 rings (SSSR count). The van der Waals surface area contributed by atoms with Crippen LogP contribution in [0.15, 0.2) is 48.6 Å². The van der Waals surface area contributed by atoms with E-state index >= 15 is 0 Å². The highest BCUT2D eigenvalue weighted by Gasteiger charge is 2.39. The third-order valence-electron chi connectivity index (χ3n) is 8.80. The second kappa shape index (κ2) is 31.5. The fourth-order valence-corrected chi connectivity index (χ4v) is 5.90. The number of aliphatic hydroxyl groups excluding tert-OH is 1. The molecule has 0 aliphatic carbocycles. The summed E-state index contributed by atoms with van der Waals surface area (Å²) in [7, 11) is 0. The fourth-order valence-electron chi connectivity index (χ4n) is 5.90. The summed E-state index contributed by atoms with van der Waals surface area (Å²) in [5.41, 5.74) is 0. The van der Waals surface area contributed by atoms with Gasteiger partial charge in [0, 0.05) is 19.4 Å². The molecule has 2 atom stereocenters. The summed E-state index contributed by atoms with van der Waals surface area (Å²) < 4.78 is 5.54. The van der Waals surface area contributed by atoms with Crippen molar-refractivity contribution in [2.24, 2.45) is 0 Å². The van der Waals surface area contributed by atoms with Gasteiger partial charge in [-0.25, -0.2) is 4.79 Å². The van der Waals surface area contributed by atoms with E-state index in [1.54, 1.807) is 4.90 Å². The Kier molecular flexibility index (Phi) is 28.6. The van der Waals surface area contributed by atoms with Gasteiger partial charge in [-0.05, 0) is 77.0 Å². The number of β-amino-alcohol motifs (C(OH)–C–C–N with tert-alkyl or cyclic N) is 1. The highest BCUT2D eigenvalue weighted by atomic mass is 16.5. The van der Waals surface area contributed by atoms with Crippen molar-refractivity contribution in [1.82, 2.24) is 4.90 Å². The molecule has 264 valence electrons. The molecule has 1 heterocycles. The molecule has 0 aromatic heterocycles. The van der Waals surface area contributed by atoms with Crippen LogP contribution in [-0.2, 0) is 14.3 Å². The lowest BCUT2D eigenvalue weighted by atomic mass is 10.1. The Balaban J connectivity index is 2.04. The van der Waals surface area contributed by atoms with Gasteiger partial charge < -0.3 is 14.7 Å². The average Bonchev–Trinajstić information content (AvgIpc) is 3.46. The van der Waals surface area contributed by atoms with Crippen LogP contribution in [0.1, 0.15) is 174 Å². The lowest BCUT2D eigenvalue weighted by molar-refractivity contribution is -0.153. The first-order valence-electron chi connectivity index (χ1n) is 19.3. The molecule has 1 aliphatic rings. The highest BCUT2D eigenvalue weighted by Crippen LogP contribution is 2.22. The zero-order chi connectivity index (χ0) is 33.3. The smallest absolute Gasteiger partial charge is 0.328 e. The van der Waals surface area contributed by atoms with Gasteiger partial charge in [0.2, 0.25) is 5.91 Å². The molecule has 0 saturated carbocycles. The van der Waals surface area contributed by atoms with Crippen LogP contribution in [0.2, 0.25) is 0 Å². The van der Waals surface area contributed by atoms with Gasteiger partial charge in [-0.1, -0.05) is 133 Å². The minimum absolute atomic E-state index is 0.0297. The van der Waals surface area contributed by atoms with Crippen molar-refractivity contribution in [3.8, 4) is 0 Å². The standard InChI is InChI=1S/C41H71NO4/c1-3-5-7-9-11-13-15-17-19-21-23-25-27-29-31-33-35-46-41(45)39-36-38(43)37-42(39)40(44)34-32-30-28-26-24-22-20-18-16-14-12-10-8-6-4-2/h11-14,17-20,38-39,43H,3-10,15-16,21-37H2,1-2H3/b13-11-,14-12-,19-17-,20-18-/t38-,39+/m1/s1. The van der Waals surface area contributed by atoms with Crippen molar-refractivity contribution >= 4 is 11.9 Å². The molecule has 1 fully saturated rings. The van der Waals surface area contributed by atoms with E-state index in [9.17, 15) is 14.7 Å². The molecule has 1 amide bonds. The minimum atomic E-state index is -0.645. The third kappa shape index (κ3) is 24.1. The summed E-state index contributed by atoms with van der Waals surface area (Å²) in [4.78, 5) is 27.2. The topological polar surface area (TPSA) is 66.8 Å². The third-order valence-corrected chi connectivity index (χ3v) is 8.80. The molecule has 0 unspecified atom stereocenters. The summed E-state index contributed by atoms with van der Waals surface area (Å²) in [6, 6.07) is -0.634. The van der Waals surface area contributed by atoms with Crippen LogP contribution in [0.25, 0.3) is 0 Å². The lowest BCUT2D eigenvalue weighted by Crippen LogP contribution is -2.41. The molecule has 46 heavy (non-hydrogen) atoms. The molecule has 0 aromatic rings. The van der Waals surface area contributed by atoms with Gasteiger partial charge in [0.15, 0.2) is 0 Å². The first-order chi connectivity index (χ1) is 22.6. The second-order valence-electron chi connectivity index (χ2n) is 13.2. The Labute approximate surface area is 284 Å². The van der Waals surface area contributed by atoms with Crippen LogP contribution < -0.4 is 0 Å². The van der Waals surface area contributed by atoms with Gasteiger partial charge in [0.05, 0.1) is 12.7 Å². The maximum absolute atomic E-state index is 12.9. The Morgan fingerprint density at radius 1 is 0.609 bits per heavy atom. The maximum Gasteiger partial charge on any atom is 0.328 e. The van der Waals surface area contributed by atoms with E-state index in [4.69, 9.17) is 4.74 Å². The number of esters is 1. The Morgan fingerprint density at radius 2 is 1.04 bits per heavy atom. The molecule has 1 saturated heterocycles. The SMILES string of the molecule is CCCCC/C=C\C/C=C\CCCCCCCCOC(=O)[C@@H]1C[C@@H](O)CN1C(=O)CCCCCCC/C=C\C/C=C\CCCCC. The first kappa shape index (κ1) is 41.9. The summed E-state index contributed by atoms with van der Waals surface area (Å²) in [6.07, 6.45) is 45.0. The maximum atomic E-state index is 12.9. The van der Waals surface area contributed by atoms with Gasteiger partial charge in [0.25, 0.3) is 0 Å². The normalized spacial score (nSPS) is 17.1. The molecule has 0 spiro atoms. The Bertz CT molecular complexity index is 845. The zero-order valence-electron chi connectivity index (χ0n) is 30.0. The highest BCUT2D eigenvalue weighted by molar-refractivity contribution is 5.85. The number of hydrogen-bond acceptors (Lipinski definition) is 4. The van der Waals surface area contributed by atoms with Gasteiger partial charge in [-0.15, -0.1) is 0 Å². The molecular formula is C41H71NO4. The van der Waals surface area contributed by atoms with Gasteiger partial charge >= 0.3 is 5.97 Å². The number of unbranched alkanes of at least 4 members (excludes halogenated alkanes) is 17. The predicted octanol–water partition coefficient (Wildman–Crippen LogP) is 11.1. The molecule has 0 aromatic carbocycles. The molecular weight excluding hydrogens is 570 g/mol. The second-order valence-corrected chi connectivity index (χ2v) is 13.2. The number of likely N-dealkylation sites (tertiary alicyclic amines) is 1. The number of hydrogen-bond donors (Lipinski definition) is 1. The average molecular weight is 642 g/mol. The molecule has 5 nitrogen and oxygen atoms in total. The summed E-state index contributed by atoms with van der Waals surface area (Å²) in [6.45, 7) is 5.12. The monoisotopic (exact) mass is 642 g/mol. The number of nitrogens with zero attached hydrogens (tertiary/aromatic N) is 1. The van der Waals surface area contributed by atoms with Crippen LogP contribution in [0.5, 0.6) is 0 Å². The van der Waals surface area contributed by atoms with Crippen molar-refractivity contribution in [3.05, 3.63) is 48.6 Å². The van der Waals surface area contributed by atoms with E-state index in [-0.39, 0.29) is 24.8 Å². The van der Waals surface area contributed by atoms with Crippen LogP contribution in [0.3, 0.4) is 0 Å². The van der Waals surface area contributed by atoms with Crippen LogP contribution >= 0.6 is 0 Å². The number of rotatable bonds is 30. The van der Waals surface area contributed by atoms with Crippen LogP contribution in [0.4, 0.5) is 0 Å². The van der Waals surface area contributed by atoms with Crippen molar-refractivity contribution < 1.29 is 19.4 Å². The molecule has 0 radical (unpaired) electrons. The molecule has 1 N–H and O–H groups in total. The van der Waals surface area contributed by atoms with E-state index in [0.29, 0.717) is 13.0 Å². The number of allylic oxidation sites excluding steroid dienone is 8. The number of aliphatic hydroxyl groups is 1. The van der Waals surface area contributed by atoms with Crippen molar-refractivity contribution in [2.75, 3.05) is 13.2 Å². The Hall–Kier alpha value is -2.14. The van der Waals surface area contributed by atoms with E-state index in [2.05, 4.69) is 62.5 Å². The van der Waals surface area contributed by atoms with E-state index in [0.717, 1.165) is 64.2 Å². The summed E-state index contributed by atoms with van der Waals surface area (Å²) in [5, 5.41) is 10.2. The van der Waals surface area contributed by atoms with E-state index in [1.807, 2.05) is 0 Å². The van der Waals surface area contributed by atoms with Crippen molar-refractivity contribution in [1.29, 1.82) is 0 Å². The fraction of sp³-hybridized carbons (Fsp3) is 0.756. The van der Waals surface area contributed by atoms with Crippen molar-refractivity contribution in [3.63, 3.8) is 0 Å². The van der Waals surface area contributed by atoms with E-state index < -0.39 is 12.1 Å². The van der Waals surface area contributed by atoms with Crippen LogP contribution in [-0.4, -0.2) is 47.2 Å². The number of ether oxygens (including phenoxy) is 1. The quantitative estimate of drug-likeness (QED) is 0.0481. The van der Waals surface area contributed by atoms with Crippen molar-refractivity contribution in [2.45, 2.75) is 187 Å². The number of amides is 1. The lowest BCUT2D eigenvalue weighted by Gasteiger charge is -2.23. The summed E-state index contributed by atoms with van der Waals surface area (Å²) in [5.74, 6) is -0.384. The first-order valence-corrected chi connectivity index (χ1v) is 19.3. The predicted molar refractivity (Wildman–Crippen MR) is 196 cm³/mol. The minimum Gasteiger partial charge on any atom is -0.464 e. The van der Waals surface area contributed by atoms with Crippen LogP contribution in [0, 0.1) is 0 Å². The molecule has 1 aliphatic heterocycles. The molecule has 0 bridgehead atoms. The summed E-state index contributed by atoms with van der Waals surface area (Å²) >= 11 is 0. The van der Waals surface area contributed by atoms with Gasteiger partial charge in [0.1, 0.15) is 6.04 Å². The Morgan fingerprint density at radius 3 is 1.54 bits per heavy atom. The molecule has 5 heteroatoms. The van der Waals surface area contributed by atoms with E-state index in [1.165, 1.54) is 83.5 Å².